The fourth-order valence-electron chi connectivity index (χ4n) is 3.07. The Balaban J connectivity index is 1.47. The monoisotopic (exact) mass is 383 g/mol. The predicted octanol–water partition coefficient (Wildman–Crippen LogP) is 3.31. The van der Waals surface area contributed by atoms with Crippen LogP contribution in [0.5, 0.6) is 5.75 Å². The van der Waals surface area contributed by atoms with Gasteiger partial charge in [0.2, 0.25) is 5.95 Å². The summed E-state index contributed by atoms with van der Waals surface area (Å²) in [4.78, 5) is 14.3. The maximum atomic E-state index is 5.88. The van der Waals surface area contributed by atoms with Gasteiger partial charge in [0, 0.05) is 29.7 Å². The zero-order chi connectivity index (χ0) is 18.6. The van der Waals surface area contributed by atoms with Crippen LogP contribution in [0.1, 0.15) is 22.9 Å². The molecule has 2 aromatic heterocycles. The number of hydrogen-bond acceptors (Lipinski definition) is 8. The average Bonchev–Trinajstić information content (AvgIpc) is 3.38. The van der Waals surface area contributed by atoms with E-state index in [-0.39, 0.29) is 11.9 Å². The molecule has 4 rings (SSSR count). The number of nitrogen functional groups attached to an aromatic ring is 1. The van der Waals surface area contributed by atoms with Crippen molar-refractivity contribution in [3.8, 4) is 16.3 Å². The van der Waals surface area contributed by atoms with Crippen LogP contribution in [0, 0.1) is 0 Å². The highest BCUT2D eigenvalue weighted by atomic mass is 32.1. The molecule has 1 saturated heterocycles. The van der Waals surface area contributed by atoms with Gasteiger partial charge in [0.1, 0.15) is 16.6 Å². The standard InChI is InChI=1S/C19H21N5O2S/c1-25-16-5-3-2-4-14(16)18-22-10-13(27-18)9-21-17-8-15(23-19(20)24-17)12-6-7-26-11-12/h2-5,8,10,12H,6-7,9,11H2,1H3,(H3,20,21,23,24)/t12-/m1/s1. The Morgan fingerprint density at radius 2 is 2.22 bits per heavy atom. The number of para-hydroxylation sites is 1. The van der Waals surface area contributed by atoms with Gasteiger partial charge >= 0.3 is 0 Å². The summed E-state index contributed by atoms with van der Waals surface area (Å²) in [5, 5.41) is 4.25. The van der Waals surface area contributed by atoms with Crippen LogP contribution in [0.2, 0.25) is 0 Å². The first kappa shape index (κ1) is 17.7. The van der Waals surface area contributed by atoms with E-state index in [1.54, 1.807) is 18.4 Å². The van der Waals surface area contributed by atoms with Crippen LogP contribution in [-0.2, 0) is 11.3 Å². The molecule has 0 bridgehead atoms. The Hall–Kier alpha value is -2.71. The Bertz CT molecular complexity index is 924. The quantitative estimate of drug-likeness (QED) is 0.674. The third kappa shape index (κ3) is 4.01. The number of methoxy groups -OCH3 is 1. The van der Waals surface area contributed by atoms with Crippen LogP contribution in [0.25, 0.3) is 10.6 Å². The number of aromatic nitrogens is 3. The smallest absolute Gasteiger partial charge is 0.222 e. The molecule has 0 saturated carbocycles. The predicted molar refractivity (Wildman–Crippen MR) is 106 cm³/mol. The number of nitrogens with zero attached hydrogens (tertiary/aromatic N) is 3. The molecular weight excluding hydrogens is 362 g/mol. The molecule has 3 aromatic rings. The minimum Gasteiger partial charge on any atom is -0.496 e. The van der Waals surface area contributed by atoms with Crippen LogP contribution in [-0.4, -0.2) is 35.3 Å². The van der Waals surface area contributed by atoms with Gasteiger partial charge in [0.25, 0.3) is 0 Å². The number of nitrogens with one attached hydrogen (secondary N) is 1. The summed E-state index contributed by atoms with van der Waals surface area (Å²) in [5.74, 6) is 2.10. The van der Waals surface area contributed by atoms with E-state index in [0.717, 1.165) is 45.7 Å². The minimum atomic E-state index is 0.279. The maximum Gasteiger partial charge on any atom is 0.222 e. The lowest BCUT2D eigenvalue weighted by Gasteiger charge is -2.10. The molecule has 8 heteroatoms. The van der Waals surface area contributed by atoms with Crippen molar-refractivity contribution in [2.75, 3.05) is 31.4 Å². The molecule has 1 aliphatic heterocycles. The van der Waals surface area contributed by atoms with Crippen molar-refractivity contribution < 1.29 is 9.47 Å². The molecule has 0 spiro atoms. The number of thiazole rings is 1. The number of benzene rings is 1. The Labute approximate surface area is 161 Å². The third-order valence-corrected chi connectivity index (χ3v) is 5.48. The third-order valence-electron chi connectivity index (χ3n) is 4.45. The molecule has 1 fully saturated rings. The van der Waals surface area contributed by atoms with Gasteiger partial charge in [0.15, 0.2) is 0 Å². The molecule has 27 heavy (non-hydrogen) atoms. The fourth-order valence-corrected chi connectivity index (χ4v) is 3.95. The van der Waals surface area contributed by atoms with E-state index in [0.29, 0.717) is 13.2 Å². The molecule has 0 amide bonds. The van der Waals surface area contributed by atoms with E-state index in [1.807, 2.05) is 36.5 Å². The van der Waals surface area contributed by atoms with Gasteiger partial charge in [-0.1, -0.05) is 12.1 Å². The van der Waals surface area contributed by atoms with Crippen LogP contribution >= 0.6 is 11.3 Å². The first-order chi connectivity index (χ1) is 13.2. The zero-order valence-electron chi connectivity index (χ0n) is 15.0. The van der Waals surface area contributed by atoms with Gasteiger partial charge in [-0.25, -0.2) is 9.97 Å². The molecule has 3 N–H and O–H groups in total. The molecule has 1 atom stereocenters. The van der Waals surface area contributed by atoms with Crippen molar-refractivity contribution in [3.63, 3.8) is 0 Å². The largest absolute Gasteiger partial charge is 0.496 e. The van der Waals surface area contributed by atoms with Gasteiger partial charge < -0.3 is 20.5 Å². The van der Waals surface area contributed by atoms with Crippen LogP contribution in [0.3, 0.4) is 0 Å². The molecule has 0 aliphatic carbocycles. The van der Waals surface area contributed by atoms with Crippen LogP contribution < -0.4 is 15.8 Å². The highest BCUT2D eigenvalue weighted by Crippen LogP contribution is 2.33. The maximum absolute atomic E-state index is 5.88. The lowest BCUT2D eigenvalue weighted by atomic mass is 10.0. The minimum absolute atomic E-state index is 0.279. The molecule has 7 nitrogen and oxygen atoms in total. The topological polar surface area (TPSA) is 95.2 Å². The fraction of sp³-hybridized carbons (Fsp3) is 0.316. The number of anilines is 2. The van der Waals surface area contributed by atoms with E-state index < -0.39 is 0 Å². The van der Waals surface area contributed by atoms with E-state index in [2.05, 4.69) is 20.3 Å². The Kier molecular flexibility index (Phi) is 5.17. The van der Waals surface area contributed by atoms with Crippen molar-refractivity contribution in [1.82, 2.24) is 15.0 Å². The summed E-state index contributed by atoms with van der Waals surface area (Å²) in [6, 6.07) is 9.83. The zero-order valence-corrected chi connectivity index (χ0v) is 15.8. The lowest BCUT2D eigenvalue weighted by Crippen LogP contribution is -2.08. The summed E-state index contributed by atoms with van der Waals surface area (Å²) >= 11 is 1.62. The summed E-state index contributed by atoms with van der Waals surface area (Å²) in [5.41, 5.74) is 7.81. The Morgan fingerprint density at radius 1 is 1.33 bits per heavy atom. The number of rotatable bonds is 6. The SMILES string of the molecule is COc1ccccc1-c1ncc(CNc2cc([C@@H]3CCOC3)nc(N)n2)s1. The van der Waals surface area contributed by atoms with Crippen molar-refractivity contribution >= 4 is 23.1 Å². The van der Waals surface area contributed by atoms with Crippen molar-refractivity contribution in [2.24, 2.45) is 0 Å². The number of hydrogen-bond donors (Lipinski definition) is 2. The lowest BCUT2D eigenvalue weighted by molar-refractivity contribution is 0.193. The van der Waals surface area contributed by atoms with E-state index in [9.17, 15) is 0 Å². The first-order valence-corrected chi connectivity index (χ1v) is 9.59. The molecule has 140 valence electrons. The molecule has 0 unspecified atom stereocenters. The summed E-state index contributed by atoms with van der Waals surface area (Å²) < 4.78 is 10.9. The Morgan fingerprint density at radius 3 is 3.04 bits per heavy atom. The second kappa shape index (κ2) is 7.89. The molecule has 3 heterocycles. The molecular formula is C19H21N5O2S. The van der Waals surface area contributed by atoms with Crippen LogP contribution in [0.15, 0.2) is 36.5 Å². The molecule has 0 radical (unpaired) electrons. The van der Waals surface area contributed by atoms with Gasteiger partial charge in [0.05, 0.1) is 31.5 Å². The van der Waals surface area contributed by atoms with Crippen molar-refractivity contribution in [3.05, 3.63) is 47.1 Å². The van der Waals surface area contributed by atoms with E-state index in [1.165, 1.54) is 0 Å². The summed E-state index contributed by atoms with van der Waals surface area (Å²) in [6.45, 7) is 2.07. The molecule has 1 aromatic carbocycles. The van der Waals surface area contributed by atoms with Gasteiger partial charge in [-0.15, -0.1) is 11.3 Å². The van der Waals surface area contributed by atoms with E-state index >= 15 is 0 Å². The number of ether oxygens (including phenoxy) is 2. The van der Waals surface area contributed by atoms with Gasteiger partial charge in [-0.2, -0.15) is 4.98 Å². The van der Waals surface area contributed by atoms with Crippen molar-refractivity contribution in [1.29, 1.82) is 0 Å². The van der Waals surface area contributed by atoms with Crippen molar-refractivity contribution in [2.45, 2.75) is 18.9 Å². The van der Waals surface area contributed by atoms with Gasteiger partial charge in [-0.3, -0.25) is 0 Å². The van der Waals surface area contributed by atoms with Gasteiger partial charge in [-0.05, 0) is 18.6 Å². The number of nitrogens with two attached hydrogens (primary N) is 1. The first-order valence-electron chi connectivity index (χ1n) is 8.77. The second-order valence-corrected chi connectivity index (χ2v) is 7.40. The van der Waals surface area contributed by atoms with Crippen LogP contribution in [0.4, 0.5) is 11.8 Å². The summed E-state index contributed by atoms with van der Waals surface area (Å²) in [7, 11) is 1.67. The highest BCUT2D eigenvalue weighted by Gasteiger charge is 2.20. The average molecular weight is 383 g/mol. The van der Waals surface area contributed by atoms with E-state index in [4.69, 9.17) is 15.2 Å². The molecule has 1 aliphatic rings. The second-order valence-electron chi connectivity index (χ2n) is 6.28. The normalized spacial score (nSPS) is 16.4. The summed E-state index contributed by atoms with van der Waals surface area (Å²) in [6.07, 6.45) is 2.84. The highest BCUT2D eigenvalue weighted by molar-refractivity contribution is 7.15.